The van der Waals surface area contributed by atoms with Gasteiger partial charge in [-0.3, -0.25) is 4.79 Å². The highest BCUT2D eigenvalue weighted by atomic mass is 32.2. The lowest BCUT2D eigenvalue weighted by Crippen LogP contribution is -2.22. The van der Waals surface area contributed by atoms with E-state index in [1.165, 1.54) is 7.05 Å². The first-order valence-corrected chi connectivity index (χ1v) is 8.89. The van der Waals surface area contributed by atoms with Crippen molar-refractivity contribution in [1.29, 1.82) is 0 Å². The Kier molecular flexibility index (Phi) is 5.52. The lowest BCUT2D eigenvalue weighted by Gasteiger charge is -2.07. The molecule has 0 saturated heterocycles. The Morgan fingerprint density at radius 3 is 2.09 bits per heavy atom. The summed E-state index contributed by atoms with van der Waals surface area (Å²) in [7, 11) is -1.88. The molecular formula is C17H20N2O3S. The van der Waals surface area contributed by atoms with E-state index in [0.717, 1.165) is 11.1 Å². The topological polar surface area (TPSA) is 75.3 Å². The van der Waals surface area contributed by atoms with E-state index in [9.17, 15) is 13.2 Å². The molecule has 0 unspecified atom stereocenters. The van der Waals surface area contributed by atoms with Crippen LogP contribution in [0.1, 0.15) is 27.0 Å². The van der Waals surface area contributed by atoms with Gasteiger partial charge in [0.15, 0.2) is 0 Å². The Morgan fingerprint density at radius 1 is 0.957 bits per heavy atom. The monoisotopic (exact) mass is 332 g/mol. The van der Waals surface area contributed by atoms with E-state index in [1.807, 2.05) is 31.2 Å². The maximum absolute atomic E-state index is 12.0. The minimum atomic E-state index is -3.27. The molecule has 6 heteroatoms. The number of amides is 1. The standard InChI is InChI=1S/C17H20N2O3S/c1-13-3-9-16(10-4-13)17(20)19-11-14-5-7-15(8-6-14)12-23(21,22)18-2/h3-10,18H,11-12H2,1-2H3,(H,19,20). The Labute approximate surface area is 136 Å². The average molecular weight is 332 g/mol. The van der Waals surface area contributed by atoms with E-state index >= 15 is 0 Å². The molecule has 0 aliphatic carbocycles. The highest BCUT2D eigenvalue weighted by molar-refractivity contribution is 7.88. The number of benzene rings is 2. The molecule has 2 rings (SSSR count). The fraction of sp³-hybridized carbons (Fsp3) is 0.235. The number of nitrogens with one attached hydrogen (secondary N) is 2. The van der Waals surface area contributed by atoms with Gasteiger partial charge in [-0.2, -0.15) is 0 Å². The number of rotatable bonds is 6. The Bertz CT molecular complexity index is 766. The third-order valence-corrected chi connectivity index (χ3v) is 4.79. The molecule has 0 aliphatic heterocycles. The summed E-state index contributed by atoms with van der Waals surface area (Å²) in [6.07, 6.45) is 0. The number of sulfonamides is 1. The molecule has 0 radical (unpaired) electrons. The maximum Gasteiger partial charge on any atom is 0.251 e. The van der Waals surface area contributed by atoms with Gasteiger partial charge in [-0.1, -0.05) is 42.0 Å². The van der Waals surface area contributed by atoms with Crippen LogP contribution >= 0.6 is 0 Å². The Hall–Kier alpha value is -2.18. The Balaban J connectivity index is 1.93. The van der Waals surface area contributed by atoms with Gasteiger partial charge < -0.3 is 5.32 Å². The molecule has 23 heavy (non-hydrogen) atoms. The molecule has 5 nitrogen and oxygen atoms in total. The molecule has 0 aromatic heterocycles. The lowest BCUT2D eigenvalue weighted by molar-refractivity contribution is 0.0951. The molecule has 0 saturated carbocycles. The summed E-state index contributed by atoms with van der Waals surface area (Å²) in [4.78, 5) is 12.0. The van der Waals surface area contributed by atoms with Crippen molar-refractivity contribution >= 4 is 15.9 Å². The Morgan fingerprint density at radius 2 is 1.52 bits per heavy atom. The molecule has 0 fully saturated rings. The number of aryl methyl sites for hydroxylation is 1. The number of carbonyl (C=O) groups is 1. The first-order valence-electron chi connectivity index (χ1n) is 7.23. The number of hydrogen-bond donors (Lipinski definition) is 2. The summed E-state index contributed by atoms with van der Waals surface area (Å²) in [5.41, 5.74) is 3.34. The lowest BCUT2D eigenvalue weighted by atomic mass is 10.1. The van der Waals surface area contributed by atoms with Gasteiger partial charge in [0, 0.05) is 12.1 Å². The molecule has 2 N–H and O–H groups in total. The van der Waals surface area contributed by atoms with Crippen LogP contribution in [-0.4, -0.2) is 21.4 Å². The molecule has 2 aromatic carbocycles. The van der Waals surface area contributed by atoms with Crippen LogP contribution in [0.5, 0.6) is 0 Å². The normalized spacial score (nSPS) is 11.2. The zero-order valence-corrected chi connectivity index (χ0v) is 14.0. The van der Waals surface area contributed by atoms with Gasteiger partial charge in [0.25, 0.3) is 5.91 Å². The van der Waals surface area contributed by atoms with Crippen LogP contribution in [0, 0.1) is 6.92 Å². The van der Waals surface area contributed by atoms with Crippen molar-refractivity contribution in [2.75, 3.05) is 7.05 Å². The fourth-order valence-corrected chi connectivity index (χ4v) is 2.81. The van der Waals surface area contributed by atoms with Crippen molar-refractivity contribution in [2.45, 2.75) is 19.2 Å². The molecule has 0 spiro atoms. The molecule has 122 valence electrons. The third kappa shape index (κ3) is 5.19. The van der Waals surface area contributed by atoms with Crippen molar-refractivity contribution in [2.24, 2.45) is 0 Å². The summed E-state index contributed by atoms with van der Waals surface area (Å²) in [6, 6.07) is 14.5. The van der Waals surface area contributed by atoms with Crippen LogP contribution in [0.4, 0.5) is 0 Å². The van der Waals surface area contributed by atoms with Gasteiger partial charge >= 0.3 is 0 Å². The third-order valence-electron chi connectivity index (χ3n) is 3.46. The summed E-state index contributed by atoms with van der Waals surface area (Å²) < 4.78 is 25.2. The van der Waals surface area contributed by atoms with Crippen LogP contribution in [0.2, 0.25) is 0 Å². The molecule has 0 aliphatic rings. The predicted octanol–water partition coefficient (Wildman–Crippen LogP) is 1.97. The quantitative estimate of drug-likeness (QED) is 0.849. The second kappa shape index (κ2) is 7.39. The molecule has 0 bridgehead atoms. The van der Waals surface area contributed by atoms with Crippen molar-refractivity contribution in [1.82, 2.24) is 10.0 Å². The second-order valence-electron chi connectivity index (χ2n) is 5.33. The van der Waals surface area contributed by atoms with E-state index < -0.39 is 10.0 Å². The largest absolute Gasteiger partial charge is 0.348 e. The van der Waals surface area contributed by atoms with Crippen LogP contribution < -0.4 is 10.0 Å². The zero-order chi connectivity index (χ0) is 16.9. The van der Waals surface area contributed by atoms with Crippen molar-refractivity contribution in [3.8, 4) is 0 Å². The molecular weight excluding hydrogens is 312 g/mol. The average Bonchev–Trinajstić information content (AvgIpc) is 2.54. The van der Waals surface area contributed by atoms with Gasteiger partial charge in [-0.05, 0) is 37.2 Å². The molecule has 2 aromatic rings. The van der Waals surface area contributed by atoms with E-state index in [4.69, 9.17) is 0 Å². The van der Waals surface area contributed by atoms with E-state index in [1.54, 1.807) is 24.3 Å². The number of carbonyl (C=O) groups excluding carboxylic acids is 1. The zero-order valence-electron chi connectivity index (χ0n) is 13.2. The highest BCUT2D eigenvalue weighted by Crippen LogP contribution is 2.08. The fourth-order valence-electron chi connectivity index (χ4n) is 2.03. The SMILES string of the molecule is CNS(=O)(=O)Cc1ccc(CNC(=O)c2ccc(C)cc2)cc1. The van der Waals surface area contributed by atoms with E-state index in [2.05, 4.69) is 10.0 Å². The predicted molar refractivity (Wildman–Crippen MR) is 90.5 cm³/mol. The van der Waals surface area contributed by atoms with Crippen LogP contribution in [-0.2, 0) is 22.3 Å². The van der Waals surface area contributed by atoms with Crippen molar-refractivity contribution in [3.63, 3.8) is 0 Å². The van der Waals surface area contributed by atoms with Gasteiger partial charge in [0.2, 0.25) is 10.0 Å². The minimum absolute atomic E-state index is 0.0560. The molecule has 0 heterocycles. The van der Waals surface area contributed by atoms with Gasteiger partial charge in [0.1, 0.15) is 0 Å². The highest BCUT2D eigenvalue weighted by Gasteiger charge is 2.08. The van der Waals surface area contributed by atoms with Crippen LogP contribution in [0.15, 0.2) is 48.5 Å². The first kappa shape index (κ1) is 17.2. The molecule has 1 amide bonds. The second-order valence-corrected chi connectivity index (χ2v) is 7.25. The smallest absolute Gasteiger partial charge is 0.251 e. The van der Waals surface area contributed by atoms with Gasteiger partial charge in [0.05, 0.1) is 5.75 Å². The molecule has 0 atom stereocenters. The summed E-state index contributed by atoms with van der Waals surface area (Å²) in [5, 5.41) is 2.84. The summed E-state index contributed by atoms with van der Waals surface area (Å²) >= 11 is 0. The van der Waals surface area contributed by atoms with Gasteiger partial charge in [-0.25, -0.2) is 13.1 Å². The van der Waals surface area contributed by atoms with Crippen molar-refractivity contribution < 1.29 is 13.2 Å². The van der Waals surface area contributed by atoms with Crippen LogP contribution in [0.3, 0.4) is 0 Å². The van der Waals surface area contributed by atoms with Gasteiger partial charge in [-0.15, -0.1) is 0 Å². The maximum atomic E-state index is 12.0. The van der Waals surface area contributed by atoms with E-state index in [0.29, 0.717) is 17.7 Å². The minimum Gasteiger partial charge on any atom is -0.348 e. The first-order chi connectivity index (χ1) is 10.9. The summed E-state index contributed by atoms with van der Waals surface area (Å²) in [5.74, 6) is -0.189. The van der Waals surface area contributed by atoms with Crippen LogP contribution in [0.25, 0.3) is 0 Å². The van der Waals surface area contributed by atoms with E-state index in [-0.39, 0.29) is 11.7 Å². The summed E-state index contributed by atoms with van der Waals surface area (Å²) in [6.45, 7) is 2.36. The van der Waals surface area contributed by atoms with Crippen molar-refractivity contribution in [3.05, 3.63) is 70.8 Å². The number of hydrogen-bond acceptors (Lipinski definition) is 3.